The molecule has 0 aromatic rings. The van der Waals surface area contributed by atoms with E-state index in [0.717, 1.165) is 35.7 Å². The molecule has 0 radical (unpaired) electrons. The normalized spacial score (nSPS) is 15.8. The van der Waals surface area contributed by atoms with Crippen LogP contribution in [0.25, 0.3) is 0 Å². The van der Waals surface area contributed by atoms with E-state index >= 15 is 0 Å². The second kappa shape index (κ2) is 15.7. The number of nitrogens with zero attached hydrogens (tertiary/aromatic N) is 1. The number of quaternary nitrogens is 1. The summed E-state index contributed by atoms with van der Waals surface area (Å²) in [7, 11) is 6.58. The van der Waals surface area contributed by atoms with Crippen LogP contribution in [-0.2, 0) is 4.79 Å². The van der Waals surface area contributed by atoms with Gasteiger partial charge in [0, 0.05) is 24.6 Å². The van der Waals surface area contributed by atoms with Crippen molar-refractivity contribution in [2.24, 2.45) is 0 Å². The van der Waals surface area contributed by atoms with Gasteiger partial charge in [0.25, 0.3) is 0 Å². The molecule has 1 N–H and O–H groups in total. The van der Waals surface area contributed by atoms with E-state index in [1.54, 1.807) is 0 Å². The number of hydrogen-bond donors (Lipinski definition) is 1. The lowest BCUT2D eigenvalue weighted by Gasteiger charge is -2.23. The number of carbonyl (C=O) groups excluding carboxylic acids is 1. The van der Waals surface area contributed by atoms with Crippen LogP contribution in [0.5, 0.6) is 0 Å². The molecule has 0 aliphatic heterocycles. The van der Waals surface area contributed by atoms with Crippen LogP contribution in [0.4, 0.5) is 0 Å². The summed E-state index contributed by atoms with van der Waals surface area (Å²) in [6.07, 6.45) is 19.6. The van der Waals surface area contributed by atoms with Crippen molar-refractivity contribution in [2.45, 2.75) is 102 Å². The van der Waals surface area contributed by atoms with Crippen LogP contribution in [0, 0.1) is 0 Å². The first kappa shape index (κ1) is 24.8. The van der Waals surface area contributed by atoms with Crippen molar-refractivity contribution >= 4 is 17.7 Å². The smallest absolute Gasteiger partial charge is 0.219 e. The van der Waals surface area contributed by atoms with Crippen LogP contribution in [0.3, 0.4) is 0 Å². The Morgan fingerprint density at radius 3 is 2.07 bits per heavy atom. The zero-order valence-electron chi connectivity index (χ0n) is 18.6. The Morgan fingerprint density at radius 1 is 0.852 bits per heavy atom. The quantitative estimate of drug-likeness (QED) is 0.263. The van der Waals surface area contributed by atoms with Gasteiger partial charge in [-0.3, -0.25) is 4.79 Å². The monoisotopic (exact) mass is 399 g/mol. The van der Waals surface area contributed by atoms with Gasteiger partial charge in [-0.05, 0) is 31.4 Å². The maximum atomic E-state index is 11.8. The summed E-state index contributed by atoms with van der Waals surface area (Å²) in [5.41, 5.74) is 0. The lowest BCUT2D eigenvalue weighted by atomic mass is 10.0. The minimum absolute atomic E-state index is 0.242. The summed E-state index contributed by atoms with van der Waals surface area (Å²) in [6, 6.07) is 0. The SMILES string of the molecule is C[N+](C)(C)CCCNC(=O)CCCCCCCCCCSC1CCCCC1. The molecule has 4 heteroatoms. The molecular formula is C23H47N2OS+. The zero-order valence-corrected chi connectivity index (χ0v) is 19.4. The Labute approximate surface area is 174 Å². The van der Waals surface area contributed by atoms with Crippen molar-refractivity contribution in [3.8, 4) is 0 Å². The van der Waals surface area contributed by atoms with Crippen LogP contribution in [-0.4, -0.2) is 55.6 Å². The minimum atomic E-state index is 0.242. The highest BCUT2D eigenvalue weighted by molar-refractivity contribution is 7.99. The molecule has 1 amide bonds. The fourth-order valence-electron chi connectivity index (χ4n) is 3.80. The predicted molar refractivity (Wildman–Crippen MR) is 121 cm³/mol. The first-order chi connectivity index (χ1) is 13.0. The van der Waals surface area contributed by atoms with Crippen molar-refractivity contribution in [3.05, 3.63) is 0 Å². The van der Waals surface area contributed by atoms with Crippen LogP contribution in [0.2, 0.25) is 0 Å². The standard InChI is InChI=1S/C23H46N2OS/c1-25(2,3)20-15-19-24-23(26)18-13-8-6-4-5-7-9-14-21-27-22-16-11-10-12-17-22/h22H,4-21H2,1-3H3/p+1. The van der Waals surface area contributed by atoms with E-state index < -0.39 is 0 Å². The van der Waals surface area contributed by atoms with Gasteiger partial charge in [0.05, 0.1) is 27.7 Å². The number of amides is 1. The molecule has 0 heterocycles. The number of unbranched alkanes of at least 4 members (excludes halogenated alkanes) is 7. The highest BCUT2D eigenvalue weighted by Crippen LogP contribution is 2.28. The zero-order chi connectivity index (χ0) is 19.8. The molecule has 0 spiro atoms. The van der Waals surface area contributed by atoms with E-state index in [9.17, 15) is 4.79 Å². The Balaban J connectivity index is 1.76. The van der Waals surface area contributed by atoms with Gasteiger partial charge in [-0.2, -0.15) is 11.8 Å². The van der Waals surface area contributed by atoms with E-state index in [0.29, 0.717) is 6.42 Å². The molecule has 1 fully saturated rings. The van der Waals surface area contributed by atoms with E-state index in [4.69, 9.17) is 0 Å². The largest absolute Gasteiger partial charge is 0.356 e. The summed E-state index contributed by atoms with van der Waals surface area (Å²) in [5.74, 6) is 1.63. The maximum Gasteiger partial charge on any atom is 0.219 e. The topological polar surface area (TPSA) is 29.1 Å². The van der Waals surface area contributed by atoms with Gasteiger partial charge in [0.2, 0.25) is 5.91 Å². The fourth-order valence-corrected chi connectivity index (χ4v) is 5.17. The van der Waals surface area contributed by atoms with Crippen molar-refractivity contribution in [3.63, 3.8) is 0 Å². The van der Waals surface area contributed by atoms with E-state index in [1.165, 1.54) is 82.8 Å². The average Bonchev–Trinajstić information content (AvgIpc) is 2.63. The highest BCUT2D eigenvalue weighted by Gasteiger charge is 2.12. The Morgan fingerprint density at radius 2 is 1.44 bits per heavy atom. The number of thioether (sulfide) groups is 1. The van der Waals surface area contributed by atoms with Gasteiger partial charge in [-0.1, -0.05) is 57.8 Å². The molecule has 0 aromatic heterocycles. The highest BCUT2D eigenvalue weighted by atomic mass is 32.2. The summed E-state index contributed by atoms with van der Waals surface area (Å²) in [5, 5.41) is 4.04. The first-order valence-electron chi connectivity index (χ1n) is 11.7. The molecule has 1 aliphatic rings. The second-order valence-corrected chi connectivity index (χ2v) is 10.8. The molecule has 0 bridgehead atoms. The molecular weight excluding hydrogens is 352 g/mol. The molecule has 0 saturated heterocycles. The predicted octanol–water partition coefficient (Wildman–Crippen LogP) is 5.78. The number of hydrogen-bond acceptors (Lipinski definition) is 2. The first-order valence-corrected chi connectivity index (χ1v) is 12.7. The summed E-state index contributed by atoms with van der Waals surface area (Å²) >= 11 is 2.24. The van der Waals surface area contributed by atoms with Crippen LogP contribution < -0.4 is 5.32 Å². The molecule has 0 aromatic carbocycles. The van der Waals surface area contributed by atoms with Crippen molar-refractivity contribution in [2.75, 3.05) is 40.0 Å². The Hall–Kier alpha value is -0.220. The summed E-state index contributed by atoms with van der Waals surface area (Å²) in [4.78, 5) is 11.8. The van der Waals surface area contributed by atoms with Crippen molar-refractivity contribution in [1.82, 2.24) is 5.32 Å². The Kier molecular flexibility index (Phi) is 14.4. The third-order valence-corrected chi connectivity index (χ3v) is 7.00. The van der Waals surface area contributed by atoms with Crippen LogP contribution in [0.1, 0.15) is 96.3 Å². The van der Waals surface area contributed by atoms with E-state index in [1.807, 2.05) is 0 Å². The minimum Gasteiger partial charge on any atom is -0.356 e. The Bertz CT molecular complexity index is 362. The summed E-state index contributed by atoms with van der Waals surface area (Å²) in [6.45, 7) is 1.94. The molecule has 27 heavy (non-hydrogen) atoms. The molecule has 0 unspecified atom stereocenters. The van der Waals surface area contributed by atoms with Gasteiger partial charge in [0.15, 0.2) is 0 Å². The third-order valence-electron chi connectivity index (χ3n) is 5.53. The fraction of sp³-hybridized carbons (Fsp3) is 0.957. The average molecular weight is 400 g/mol. The van der Waals surface area contributed by atoms with E-state index in [2.05, 4.69) is 38.2 Å². The molecule has 160 valence electrons. The molecule has 1 aliphatic carbocycles. The molecule has 3 nitrogen and oxygen atoms in total. The van der Waals surface area contributed by atoms with Crippen molar-refractivity contribution < 1.29 is 9.28 Å². The van der Waals surface area contributed by atoms with Crippen molar-refractivity contribution in [1.29, 1.82) is 0 Å². The van der Waals surface area contributed by atoms with Gasteiger partial charge < -0.3 is 9.80 Å². The number of rotatable bonds is 16. The van der Waals surface area contributed by atoms with Crippen LogP contribution in [0.15, 0.2) is 0 Å². The molecule has 1 rings (SSSR count). The second-order valence-electron chi connectivity index (χ2n) is 9.43. The number of nitrogens with one attached hydrogen (secondary N) is 1. The third kappa shape index (κ3) is 16.4. The lowest BCUT2D eigenvalue weighted by molar-refractivity contribution is -0.870. The maximum absolute atomic E-state index is 11.8. The number of carbonyl (C=O) groups is 1. The van der Waals surface area contributed by atoms with Gasteiger partial charge >= 0.3 is 0 Å². The van der Waals surface area contributed by atoms with E-state index in [-0.39, 0.29) is 5.91 Å². The summed E-state index contributed by atoms with van der Waals surface area (Å²) < 4.78 is 0.967. The lowest BCUT2D eigenvalue weighted by Crippen LogP contribution is -2.37. The molecule has 0 atom stereocenters. The van der Waals surface area contributed by atoms with Gasteiger partial charge in [-0.25, -0.2) is 0 Å². The van der Waals surface area contributed by atoms with Gasteiger partial charge in [-0.15, -0.1) is 0 Å². The van der Waals surface area contributed by atoms with Crippen LogP contribution >= 0.6 is 11.8 Å². The molecule has 1 saturated carbocycles. The van der Waals surface area contributed by atoms with Gasteiger partial charge in [0.1, 0.15) is 0 Å².